The van der Waals surface area contributed by atoms with E-state index in [2.05, 4.69) is 28.4 Å². The van der Waals surface area contributed by atoms with Crippen LogP contribution in [-0.2, 0) is 13.1 Å². The smallest absolute Gasteiger partial charge is 0.251 e. The molecule has 2 aromatic carbocycles. The number of hydrogen-bond donors (Lipinski definition) is 1. The Morgan fingerprint density at radius 2 is 1.81 bits per heavy atom. The molecule has 5 heteroatoms. The van der Waals surface area contributed by atoms with E-state index in [0.29, 0.717) is 30.2 Å². The van der Waals surface area contributed by atoms with E-state index in [1.54, 1.807) is 25.3 Å². The molecule has 1 heterocycles. The number of methoxy groups -OCH3 is 1. The lowest BCUT2D eigenvalue weighted by molar-refractivity contribution is 0.0950. The molecule has 0 aromatic heterocycles. The van der Waals surface area contributed by atoms with Crippen LogP contribution >= 0.6 is 0 Å². The maximum Gasteiger partial charge on any atom is 0.251 e. The third-order valence-corrected chi connectivity index (χ3v) is 4.88. The molecule has 0 saturated carbocycles. The van der Waals surface area contributed by atoms with Gasteiger partial charge in [-0.2, -0.15) is 0 Å². The Morgan fingerprint density at radius 1 is 1.07 bits per heavy atom. The lowest BCUT2D eigenvalue weighted by atomic mass is 10.1. The molecule has 1 saturated heterocycles. The van der Waals surface area contributed by atoms with Crippen LogP contribution in [0.3, 0.4) is 0 Å². The van der Waals surface area contributed by atoms with E-state index < -0.39 is 0 Å². The van der Waals surface area contributed by atoms with Gasteiger partial charge >= 0.3 is 0 Å². The Balaban J connectivity index is 1.65. The summed E-state index contributed by atoms with van der Waals surface area (Å²) in [5.41, 5.74) is 3.01. The Hall–Kier alpha value is -2.53. The zero-order valence-corrected chi connectivity index (χ0v) is 16.2. The minimum Gasteiger partial charge on any atom is -0.493 e. The van der Waals surface area contributed by atoms with Crippen LogP contribution in [0.25, 0.3) is 0 Å². The predicted octanol–water partition coefficient (Wildman–Crippen LogP) is 3.62. The van der Waals surface area contributed by atoms with Gasteiger partial charge in [-0.1, -0.05) is 24.3 Å². The van der Waals surface area contributed by atoms with Crippen LogP contribution in [0.4, 0.5) is 0 Å². The van der Waals surface area contributed by atoms with Gasteiger partial charge in [-0.3, -0.25) is 9.69 Å². The molecule has 1 aliphatic heterocycles. The van der Waals surface area contributed by atoms with E-state index in [4.69, 9.17) is 9.47 Å². The van der Waals surface area contributed by atoms with E-state index in [-0.39, 0.29) is 5.91 Å². The van der Waals surface area contributed by atoms with Crippen molar-refractivity contribution < 1.29 is 14.3 Å². The van der Waals surface area contributed by atoms with Gasteiger partial charge in [0.15, 0.2) is 11.5 Å². The average Bonchev–Trinajstić information content (AvgIpc) is 3.20. The highest BCUT2D eigenvalue weighted by molar-refractivity contribution is 5.94. The molecule has 0 radical (unpaired) electrons. The first-order chi connectivity index (χ1) is 13.2. The van der Waals surface area contributed by atoms with Crippen molar-refractivity contribution in [3.8, 4) is 11.5 Å². The minimum absolute atomic E-state index is 0.118. The lowest BCUT2D eigenvalue weighted by Gasteiger charge is -2.18. The van der Waals surface area contributed by atoms with Crippen molar-refractivity contribution in [2.24, 2.45) is 0 Å². The van der Waals surface area contributed by atoms with Crippen molar-refractivity contribution in [2.45, 2.75) is 32.9 Å². The molecule has 3 rings (SSSR count). The number of carbonyl (C=O) groups is 1. The number of amides is 1. The Labute approximate surface area is 161 Å². The Morgan fingerprint density at radius 3 is 2.52 bits per heavy atom. The van der Waals surface area contributed by atoms with Gasteiger partial charge in [-0.25, -0.2) is 0 Å². The SMILES string of the molecule is CCOc1ccc(C(=O)NCc2ccccc2CN2CCCC2)cc1OC. The fraction of sp³-hybridized carbons (Fsp3) is 0.409. The molecule has 5 nitrogen and oxygen atoms in total. The van der Waals surface area contributed by atoms with Crippen molar-refractivity contribution in [2.75, 3.05) is 26.8 Å². The third kappa shape index (κ3) is 5.01. The molecule has 1 aliphatic rings. The van der Waals surface area contributed by atoms with Gasteiger partial charge in [0, 0.05) is 18.7 Å². The van der Waals surface area contributed by atoms with Crippen molar-refractivity contribution in [3.63, 3.8) is 0 Å². The number of hydrogen-bond acceptors (Lipinski definition) is 4. The number of benzene rings is 2. The van der Waals surface area contributed by atoms with Gasteiger partial charge in [0.05, 0.1) is 13.7 Å². The van der Waals surface area contributed by atoms with E-state index in [1.807, 2.05) is 13.0 Å². The van der Waals surface area contributed by atoms with Crippen LogP contribution < -0.4 is 14.8 Å². The van der Waals surface area contributed by atoms with Gasteiger partial charge in [-0.15, -0.1) is 0 Å². The maximum atomic E-state index is 12.6. The average molecular weight is 368 g/mol. The molecular formula is C22H28N2O3. The molecular weight excluding hydrogens is 340 g/mol. The van der Waals surface area contributed by atoms with Crippen molar-refractivity contribution >= 4 is 5.91 Å². The highest BCUT2D eigenvalue weighted by Gasteiger charge is 2.15. The second-order valence-electron chi connectivity index (χ2n) is 6.73. The van der Waals surface area contributed by atoms with Crippen LogP contribution in [0.5, 0.6) is 11.5 Å². The van der Waals surface area contributed by atoms with Gasteiger partial charge in [0.2, 0.25) is 0 Å². The molecule has 0 atom stereocenters. The standard InChI is InChI=1S/C22H28N2O3/c1-3-27-20-11-10-17(14-21(20)26-2)22(25)23-15-18-8-4-5-9-19(18)16-24-12-6-7-13-24/h4-5,8-11,14H,3,6-7,12-13,15-16H2,1-2H3,(H,23,25). The molecule has 144 valence electrons. The summed E-state index contributed by atoms with van der Waals surface area (Å²) in [6, 6.07) is 13.6. The summed E-state index contributed by atoms with van der Waals surface area (Å²) >= 11 is 0. The van der Waals surface area contributed by atoms with E-state index in [0.717, 1.165) is 25.2 Å². The van der Waals surface area contributed by atoms with Crippen LogP contribution in [0.1, 0.15) is 41.3 Å². The second-order valence-corrected chi connectivity index (χ2v) is 6.73. The molecule has 2 aromatic rings. The maximum absolute atomic E-state index is 12.6. The van der Waals surface area contributed by atoms with Crippen molar-refractivity contribution in [3.05, 3.63) is 59.2 Å². The van der Waals surface area contributed by atoms with E-state index >= 15 is 0 Å². The van der Waals surface area contributed by atoms with Crippen LogP contribution in [0.2, 0.25) is 0 Å². The zero-order chi connectivity index (χ0) is 19.1. The molecule has 1 N–H and O–H groups in total. The largest absolute Gasteiger partial charge is 0.493 e. The molecule has 1 amide bonds. The topological polar surface area (TPSA) is 50.8 Å². The summed E-state index contributed by atoms with van der Waals surface area (Å²) in [7, 11) is 1.58. The summed E-state index contributed by atoms with van der Waals surface area (Å²) in [5.74, 6) is 1.10. The van der Waals surface area contributed by atoms with Gasteiger partial charge in [-0.05, 0) is 62.2 Å². The number of likely N-dealkylation sites (tertiary alicyclic amines) is 1. The summed E-state index contributed by atoms with van der Waals surface area (Å²) < 4.78 is 10.8. The summed E-state index contributed by atoms with van der Waals surface area (Å²) in [5, 5.41) is 3.03. The number of carbonyl (C=O) groups excluding carboxylic acids is 1. The summed E-state index contributed by atoms with van der Waals surface area (Å²) in [6.45, 7) is 6.25. The minimum atomic E-state index is -0.118. The Kier molecular flexibility index (Phi) is 6.71. The number of nitrogens with one attached hydrogen (secondary N) is 1. The molecule has 1 fully saturated rings. The molecule has 0 unspecified atom stereocenters. The number of rotatable bonds is 8. The highest BCUT2D eigenvalue weighted by Crippen LogP contribution is 2.28. The first kappa shape index (κ1) is 19.2. The van der Waals surface area contributed by atoms with Gasteiger partial charge in [0.1, 0.15) is 0 Å². The molecule has 0 spiro atoms. The Bertz CT molecular complexity index is 770. The number of nitrogens with zero attached hydrogens (tertiary/aromatic N) is 1. The zero-order valence-electron chi connectivity index (χ0n) is 16.2. The fourth-order valence-corrected chi connectivity index (χ4v) is 3.43. The molecule has 0 aliphatic carbocycles. The van der Waals surface area contributed by atoms with Crippen LogP contribution in [-0.4, -0.2) is 37.6 Å². The fourth-order valence-electron chi connectivity index (χ4n) is 3.43. The number of ether oxygens (including phenoxy) is 2. The van der Waals surface area contributed by atoms with Gasteiger partial charge < -0.3 is 14.8 Å². The first-order valence-electron chi connectivity index (χ1n) is 9.59. The van der Waals surface area contributed by atoms with Crippen molar-refractivity contribution in [1.82, 2.24) is 10.2 Å². The van der Waals surface area contributed by atoms with E-state index in [1.165, 1.54) is 18.4 Å². The quantitative estimate of drug-likeness (QED) is 0.773. The normalized spacial score (nSPS) is 14.1. The van der Waals surface area contributed by atoms with Crippen molar-refractivity contribution in [1.29, 1.82) is 0 Å². The summed E-state index contributed by atoms with van der Waals surface area (Å²) in [6.07, 6.45) is 2.55. The molecule has 0 bridgehead atoms. The van der Waals surface area contributed by atoms with E-state index in [9.17, 15) is 4.79 Å². The summed E-state index contributed by atoms with van der Waals surface area (Å²) in [4.78, 5) is 15.1. The van der Waals surface area contributed by atoms with Crippen LogP contribution in [0.15, 0.2) is 42.5 Å². The monoisotopic (exact) mass is 368 g/mol. The molecule has 27 heavy (non-hydrogen) atoms. The predicted molar refractivity (Wildman–Crippen MR) is 106 cm³/mol. The lowest BCUT2D eigenvalue weighted by Crippen LogP contribution is -2.25. The third-order valence-electron chi connectivity index (χ3n) is 4.88. The first-order valence-corrected chi connectivity index (χ1v) is 9.59. The highest BCUT2D eigenvalue weighted by atomic mass is 16.5. The van der Waals surface area contributed by atoms with Crippen LogP contribution in [0, 0.1) is 0 Å². The van der Waals surface area contributed by atoms with Gasteiger partial charge in [0.25, 0.3) is 5.91 Å². The second kappa shape index (κ2) is 9.42.